The Bertz CT molecular complexity index is 368. The second-order valence-corrected chi connectivity index (χ2v) is 3.99. The highest BCUT2D eigenvalue weighted by atomic mass is 35.5. The predicted molar refractivity (Wildman–Crippen MR) is 60.6 cm³/mol. The zero-order valence-electron chi connectivity index (χ0n) is 9.27. The maximum absolute atomic E-state index is 11.8. The molecule has 0 saturated carbocycles. The third-order valence-electron chi connectivity index (χ3n) is 2.01. The van der Waals surface area contributed by atoms with Gasteiger partial charge in [-0.3, -0.25) is 0 Å². The molecule has 96 valence electrons. The van der Waals surface area contributed by atoms with Crippen LogP contribution < -0.4 is 10.1 Å². The fraction of sp³-hybridized carbons (Fsp3) is 0.455. The Kier molecular flexibility index (Phi) is 5.08. The topological polar surface area (TPSA) is 21.3 Å². The van der Waals surface area contributed by atoms with Crippen molar-refractivity contribution in [2.75, 3.05) is 19.7 Å². The number of benzene rings is 1. The lowest BCUT2D eigenvalue weighted by Gasteiger charge is -2.11. The van der Waals surface area contributed by atoms with Crippen molar-refractivity contribution >= 4 is 11.6 Å². The molecule has 0 spiro atoms. The van der Waals surface area contributed by atoms with Gasteiger partial charge in [-0.1, -0.05) is 17.7 Å². The lowest BCUT2D eigenvalue weighted by atomic mass is 10.2. The Morgan fingerprint density at radius 1 is 1.35 bits per heavy atom. The minimum Gasteiger partial charge on any atom is -0.492 e. The molecule has 1 N–H and O–H groups in total. The molecule has 0 saturated heterocycles. The summed E-state index contributed by atoms with van der Waals surface area (Å²) in [4.78, 5) is 0. The average molecular weight is 268 g/mol. The third kappa shape index (κ3) is 5.79. The van der Waals surface area contributed by atoms with E-state index in [9.17, 15) is 13.2 Å². The maximum atomic E-state index is 11.8. The SMILES string of the molecule is Cc1ccc(Cl)cc1OCCNCC(F)(F)F. The second-order valence-electron chi connectivity index (χ2n) is 3.55. The Balaban J connectivity index is 2.29. The van der Waals surface area contributed by atoms with Gasteiger partial charge in [0.2, 0.25) is 0 Å². The van der Waals surface area contributed by atoms with E-state index >= 15 is 0 Å². The summed E-state index contributed by atoms with van der Waals surface area (Å²) in [5.74, 6) is 0.589. The van der Waals surface area contributed by atoms with Crippen LogP contribution >= 0.6 is 11.6 Å². The van der Waals surface area contributed by atoms with Crippen LogP contribution in [-0.4, -0.2) is 25.9 Å². The number of rotatable bonds is 5. The number of halogens is 4. The van der Waals surface area contributed by atoms with Crippen molar-refractivity contribution in [2.45, 2.75) is 13.1 Å². The van der Waals surface area contributed by atoms with Crippen molar-refractivity contribution in [3.63, 3.8) is 0 Å². The first-order chi connectivity index (χ1) is 7.88. The van der Waals surface area contributed by atoms with Crippen LogP contribution in [0.25, 0.3) is 0 Å². The van der Waals surface area contributed by atoms with Gasteiger partial charge in [-0.2, -0.15) is 13.2 Å². The molecule has 0 atom stereocenters. The molecule has 0 heterocycles. The summed E-state index contributed by atoms with van der Waals surface area (Å²) in [6.45, 7) is 1.13. The van der Waals surface area contributed by atoms with E-state index in [1.165, 1.54) is 0 Å². The number of nitrogens with one attached hydrogen (secondary N) is 1. The van der Waals surface area contributed by atoms with E-state index in [-0.39, 0.29) is 13.2 Å². The Morgan fingerprint density at radius 2 is 2.06 bits per heavy atom. The molecule has 0 aromatic heterocycles. The van der Waals surface area contributed by atoms with Gasteiger partial charge in [-0.15, -0.1) is 0 Å². The van der Waals surface area contributed by atoms with Crippen LogP contribution in [-0.2, 0) is 0 Å². The second kappa shape index (κ2) is 6.12. The van der Waals surface area contributed by atoms with Crippen LogP contribution in [0.2, 0.25) is 5.02 Å². The summed E-state index contributed by atoms with van der Waals surface area (Å²) in [5, 5.41) is 2.78. The molecule has 0 aliphatic heterocycles. The van der Waals surface area contributed by atoms with Gasteiger partial charge in [0, 0.05) is 11.6 Å². The highest BCUT2D eigenvalue weighted by Gasteiger charge is 2.25. The molecule has 0 amide bonds. The molecule has 0 unspecified atom stereocenters. The number of hydrogen-bond donors (Lipinski definition) is 1. The molecule has 17 heavy (non-hydrogen) atoms. The van der Waals surface area contributed by atoms with Crippen LogP contribution in [0.5, 0.6) is 5.75 Å². The summed E-state index contributed by atoms with van der Waals surface area (Å²) >= 11 is 5.77. The predicted octanol–water partition coefficient (Wildman–Crippen LogP) is 3.18. The molecule has 1 aromatic carbocycles. The van der Waals surface area contributed by atoms with Crippen LogP contribution in [0.1, 0.15) is 5.56 Å². The van der Waals surface area contributed by atoms with Gasteiger partial charge in [0.05, 0.1) is 6.54 Å². The average Bonchev–Trinajstić information content (AvgIpc) is 2.21. The summed E-state index contributed by atoms with van der Waals surface area (Å²) in [7, 11) is 0. The zero-order valence-corrected chi connectivity index (χ0v) is 10.0. The van der Waals surface area contributed by atoms with Crippen molar-refractivity contribution in [3.8, 4) is 5.75 Å². The van der Waals surface area contributed by atoms with Crippen molar-refractivity contribution in [3.05, 3.63) is 28.8 Å². The molecule has 1 rings (SSSR count). The van der Waals surface area contributed by atoms with Crippen molar-refractivity contribution in [1.82, 2.24) is 5.32 Å². The molecular formula is C11H13ClF3NO. The van der Waals surface area contributed by atoms with Gasteiger partial charge in [0.25, 0.3) is 0 Å². The number of hydrogen-bond acceptors (Lipinski definition) is 2. The smallest absolute Gasteiger partial charge is 0.401 e. The number of alkyl halides is 3. The van der Waals surface area contributed by atoms with Gasteiger partial charge < -0.3 is 10.1 Å². The van der Waals surface area contributed by atoms with Crippen LogP contribution in [0.4, 0.5) is 13.2 Å². The van der Waals surface area contributed by atoms with E-state index in [4.69, 9.17) is 16.3 Å². The van der Waals surface area contributed by atoms with Gasteiger partial charge >= 0.3 is 6.18 Å². The minimum atomic E-state index is -4.19. The Hall–Kier alpha value is -0.940. The molecule has 1 aromatic rings. The highest BCUT2D eigenvalue weighted by Crippen LogP contribution is 2.22. The van der Waals surface area contributed by atoms with E-state index < -0.39 is 12.7 Å². The third-order valence-corrected chi connectivity index (χ3v) is 2.25. The van der Waals surface area contributed by atoms with E-state index in [0.29, 0.717) is 10.8 Å². The van der Waals surface area contributed by atoms with E-state index in [0.717, 1.165) is 5.56 Å². The van der Waals surface area contributed by atoms with Crippen LogP contribution in [0.3, 0.4) is 0 Å². The summed E-state index contributed by atoms with van der Waals surface area (Å²) in [5.41, 5.74) is 0.894. The largest absolute Gasteiger partial charge is 0.492 e. The fourth-order valence-electron chi connectivity index (χ4n) is 1.19. The van der Waals surface area contributed by atoms with E-state index in [1.54, 1.807) is 18.2 Å². The molecule has 2 nitrogen and oxygen atoms in total. The molecule has 0 bridgehead atoms. The molecule has 0 aliphatic carbocycles. The quantitative estimate of drug-likeness (QED) is 0.828. The van der Waals surface area contributed by atoms with Gasteiger partial charge in [-0.05, 0) is 24.6 Å². The first-order valence-electron chi connectivity index (χ1n) is 5.05. The summed E-state index contributed by atoms with van der Waals surface area (Å²) < 4.78 is 40.7. The molecule has 0 radical (unpaired) electrons. The lowest BCUT2D eigenvalue weighted by molar-refractivity contribution is -0.124. The fourth-order valence-corrected chi connectivity index (χ4v) is 1.35. The number of ether oxygens (including phenoxy) is 1. The molecular weight excluding hydrogens is 255 g/mol. The molecule has 0 aliphatic rings. The first-order valence-corrected chi connectivity index (χ1v) is 5.43. The van der Waals surface area contributed by atoms with Gasteiger partial charge in [0.1, 0.15) is 12.4 Å². The monoisotopic (exact) mass is 267 g/mol. The van der Waals surface area contributed by atoms with Gasteiger partial charge in [-0.25, -0.2) is 0 Å². The summed E-state index contributed by atoms with van der Waals surface area (Å²) in [6, 6.07) is 5.16. The molecule has 0 fully saturated rings. The molecule has 6 heteroatoms. The minimum absolute atomic E-state index is 0.130. The first kappa shape index (κ1) is 14.1. The van der Waals surface area contributed by atoms with E-state index in [2.05, 4.69) is 5.32 Å². The number of aryl methyl sites for hydroxylation is 1. The zero-order chi connectivity index (χ0) is 12.9. The standard InChI is InChI=1S/C11H13ClF3NO/c1-8-2-3-9(12)6-10(8)17-5-4-16-7-11(13,14)15/h2-3,6,16H,4-5,7H2,1H3. The Morgan fingerprint density at radius 3 is 2.71 bits per heavy atom. The normalized spacial score (nSPS) is 11.6. The van der Waals surface area contributed by atoms with Gasteiger partial charge in [0.15, 0.2) is 0 Å². The van der Waals surface area contributed by atoms with Crippen molar-refractivity contribution in [2.24, 2.45) is 0 Å². The van der Waals surface area contributed by atoms with Crippen molar-refractivity contribution < 1.29 is 17.9 Å². The maximum Gasteiger partial charge on any atom is 0.401 e. The van der Waals surface area contributed by atoms with E-state index in [1.807, 2.05) is 6.92 Å². The summed E-state index contributed by atoms with van der Waals surface area (Å²) in [6.07, 6.45) is -4.19. The lowest BCUT2D eigenvalue weighted by Crippen LogP contribution is -2.31. The van der Waals surface area contributed by atoms with Crippen molar-refractivity contribution in [1.29, 1.82) is 0 Å². The van der Waals surface area contributed by atoms with Crippen LogP contribution in [0, 0.1) is 6.92 Å². The Labute approximate surface area is 103 Å². The highest BCUT2D eigenvalue weighted by molar-refractivity contribution is 6.30. The van der Waals surface area contributed by atoms with Crippen LogP contribution in [0.15, 0.2) is 18.2 Å².